The van der Waals surface area contributed by atoms with Gasteiger partial charge in [-0.3, -0.25) is 4.90 Å². The van der Waals surface area contributed by atoms with Crippen LogP contribution in [0.1, 0.15) is 57.9 Å². The fraction of sp³-hybridized carbons (Fsp3) is 0.600. The number of nitrogens with one attached hydrogen (secondary N) is 3. The molecule has 0 aromatic heterocycles. The van der Waals surface area contributed by atoms with Crippen LogP contribution in [0.3, 0.4) is 0 Å². The summed E-state index contributed by atoms with van der Waals surface area (Å²) >= 11 is 0. The predicted molar refractivity (Wildman–Crippen MR) is 127 cm³/mol. The number of hydrogen-bond acceptors (Lipinski definition) is 4. The first-order valence-corrected chi connectivity index (χ1v) is 11.4. The first-order chi connectivity index (χ1) is 14.0. The van der Waals surface area contributed by atoms with Crippen molar-refractivity contribution < 1.29 is 0 Å². The zero-order valence-electron chi connectivity index (χ0n) is 18.9. The van der Waals surface area contributed by atoms with Crippen LogP contribution in [0.15, 0.2) is 49.3 Å². The number of anilines is 1. The zero-order chi connectivity index (χ0) is 21.1. The second-order valence-electron chi connectivity index (χ2n) is 8.52. The summed E-state index contributed by atoms with van der Waals surface area (Å²) in [6.45, 7) is 18.9. The molecule has 0 amide bonds. The van der Waals surface area contributed by atoms with Crippen LogP contribution in [0, 0.1) is 12.3 Å². The lowest BCUT2D eigenvalue weighted by Gasteiger charge is -2.30. The Balaban J connectivity index is 1.85. The van der Waals surface area contributed by atoms with Crippen LogP contribution in [0.4, 0.5) is 5.69 Å². The molecule has 29 heavy (non-hydrogen) atoms. The Morgan fingerprint density at radius 1 is 1.24 bits per heavy atom. The van der Waals surface area contributed by atoms with E-state index >= 15 is 0 Å². The van der Waals surface area contributed by atoms with Gasteiger partial charge in [-0.1, -0.05) is 57.5 Å². The molecule has 1 aromatic rings. The third-order valence-corrected chi connectivity index (χ3v) is 6.36. The Kier molecular flexibility index (Phi) is 9.59. The van der Waals surface area contributed by atoms with Gasteiger partial charge in [0.1, 0.15) is 0 Å². The van der Waals surface area contributed by atoms with E-state index in [-0.39, 0.29) is 5.41 Å². The molecule has 4 nitrogen and oxygen atoms in total. The highest BCUT2D eigenvalue weighted by atomic mass is 15.2. The fourth-order valence-corrected chi connectivity index (χ4v) is 4.34. The van der Waals surface area contributed by atoms with Gasteiger partial charge in [-0.05, 0) is 57.5 Å². The van der Waals surface area contributed by atoms with E-state index in [0.29, 0.717) is 6.04 Å². The van der Waals surface area contributed by atoms with Crippen molar-refractivity contribution in [3.05, 3.63) is 54.9 Å². The quantitative estimate of drug-likeness (QED) is 0.296. The van der Waals surface area contributed by atoms with Crippen molar-refractivity contribution in [2.24, 2.45) is 5.41 Å². The van der Waals surface area contributed by atoms with Gasteiger partial charge in [-0.15, -0.1) is 0 Å². The molecule has 1 aliphatic heterocycles. The van der Waals surface area contributed by atoms with E-state index in [1.807, 2.05) is 0 Å². The molecule has 0 aliphatic carbocycles. The van der Waals surface area contributed by atoms with E-state index in [4.69, 9.17) is 0 Å². The minimum absolute atomic E-state index is 0.230. The molecule has 1 saturated heterocycles. The molecule has 2 atom stereocenters. The molecule has 0 saturated carbocycles. The highest BCUT2D eigenvalue weighted by Crippen LogP contribution is 2.44. The van der Waals surface area contributed by atoms with Crippen molar-refractivity contribution in [1.82, 2.24) is 15.5 Å². The third-order valence-electron chi connectivity index (χ3n) is 6.36. The lowest BCUT2D eigenvalue weighted by Crippen LogP contribution is -2.33. The minimum Gasteiger partial charge on any atom is -0.391 e. The van der Waals surface area contributed by atoms with Gasteiger partial charge in [0.2, 0.25) is 0 Å². The molecule has 1 aliphatic rings. The molecule has 2 unspecified atom stereocenters. The Morgan fingerprint density at radius 2 is 2.00 bits per heavy atom. The van der Waals surface area contributed by atoms with Gasteiger partial charge in [-0.25, -0.2) is 0 Å². The molecule has 1 heterocycles. The summed E-state index contributed by atoms with van der Waals surface area (Å²) in [7, 11) is 0. The molecule has 1 aromatic carbocycles. The molecule has 0 bridgehead atoms. The highest BCUT2D eigenvalue weighted by molar-refractivity contribution is 5.44. The van der Waals surface area contributed by atoms with Gasteiger partial charge < -0.3 is 16.0 Å². The number of aryl methyl sites for hydroxylation is 1. The van der Waals surface area contributed by atoms with Crippen molar-refractivity contribution in [3.8, 4) is 0 Å². The Hall–Kier alpha value is -1.94. The SMILES string of the molecule is C=CNCCC1(CCCC)CC(CCN(CC)CNc2ccc(C)cc2)NC1=C. The summed E-state index contributed by atoms with van der Waals surface area (Å²) in [5.74, 6) is 0. The number of benzene rings is 1. The molecular weight excluding hydrogens is 356 g/mol. The topological polar surface area (TPSA) is 39.3 Å². The average Bonchev–Trinajstić information content (AvgIpc) is 3.03. The maximum absolute atomic E-state index is 4.43. The van der Waals surface area contributed by atoms with Crippen LogP contribution in [0.25, 0.3) is 0 Å². The number of rotatable bonds is 14. The number of nitrogens with zero attached hydrogens (tertiary/aromatic N) is 1. The van der Waals surface area contributed by atoms with E-state index in [1.165, 1.54) is 42.6 Å². The fourth-order valence-electron chi connectivity index (χ4n) is 4.34. The lowest BCUT2D eigenvalue weighted by atomic mass is 9.75. The van der Waals surface area contributed by atoms with Gasteiger partial charge >= 0.3 is 0 Å². The summed E-state index contributed by atoms with van der Waals surface area (Å²) in [5, 5.41) is 10.6. The summed E-state index contributed by atoms with van der Waals surface area (Å²) in [5.41, 5.74) is 3.97. The maximum atomic E-state index is 4.43. The first kappa shape index (κ1) is 23.3. The molecular formula is C25H42N4. The van der Waals surface area contributed by atoms with Crippen molar-refractivity contribution in [3.63, 3.8) is 0 Å². The molecule has 1 fully saturated rings. The minimum atomic E-state index is 0.230. The largest absolute Gasteiger partial charge is 0.391 e. The summed E-state index contributed by atoms with van der Waals surface area (Å²) in [4.78, 5) is 2.48. The van der Waals surface area contributed by atoms with Crippen LogP contribution in [-0.2, 0) is 0 Å². The standard InChI is InChI=1S/C25H42N4/c1-6-9-15-25(16-17-26-7-2)19-24(28-22(25)5)14-18-29(8-3)20-27-23-12-10-21(4)11-13-23/h7,10-13,24,26-28H,2,5-6,8-9,14-20H2,1,3-4H3. The molecule has 0 spiro atoms. The van der Waals surface area contributed by atoms with E-state index < -0.39 is 0 Å². The second kappa shape index (κ2) is 11.9. The van der Waals surface area contributed by atoms with Crippen LogP contribution < -0.4 is 16.0 Å². The van der Waals surface area contributed by atoms with Crippen LogP contribution in [0.5, 0.6) is 0 Å². The third kappa shape index (κ3) is 7.11. The first-order valence-electron chi connectivity index (χ1n) is 11.4. The van der Waals surface area contributed by atoms with Gasteiger partial charge in [0, 0.05) is 35.9 Å². The van der Waals surface area contributed by atoms with Crippen LogP contribution >= 0.6 is 0 Å². The zero-order valence-corrected chi connectivity index (χ0v) is 18.9. The van der Waals surface area contributed by atoms with Crippen molar-refractivity contribution in [2.75, 3.05) is 31.6 Å². The number of allylic oxidation sites excluding steroid dienone is 1. The molecule has 3 N–H and O–H groups in total. The Labute approximate surface area is 178 Å². The van der Waals surface area contributed by atoms with E-state index in [2.05, 4.69) is 79.0 Å². The van der Waals surface area contributed by atoms with E-state index in [0.717, 1.165) is 39.1 Å². The number of unbranched alkanes of at least 4 members (excludes halogenated alkanes) is 1. The normalized spacial score (nSPS) is 21.2. The average molecular weight is 399 g/mol. The summed E-state index contributed by atoms with van der Waals surface area (Å²) in [6, 6.07) is 9.15. The smallest absolute Gasteiger partial charge is 0.0678 e. The molecule has 4 heteroatoms. The molecule has 2 rings (SSSR count). The van der Waals surface area contributed by atoms with Crippen molar-refractivity contribution in [2.45, 2.75) is 65.3 Å². The predicted octanol–water partition coefficient (Wildman–Crippen LogP) is 5.25. The lowest BCUT2D eigenvalue weighted by molar-refractivity contribution is 0.265. The van der Waals surface area contributed by atoms with Crippen molar-refractivity contribution >= 4 is 5.69 Å². The summed E-state index contributed by atoms with van der Waals surface area (Å²) in [6.07, 6.45) is 9.03. The Bertz CT molecular complexity index is 624. The molecule has 162 valence electrons. The van der Waals surface area contributed by atoms with E-state index in [9.17, 15) is 0 Å². The number of hydrogen-bond donors (Lipinski definition) is 3. The monoisotopic (exact) mass is 398 g/mol. The van der Waals surface area contributed by atoms with E-state index in [1.54, 1.807) is 6.20 Å². The molecule has 0 radical (unpaired) electrons. The highest BCUT2D eigenvalue weighted by Gasteiger charge is 2.40. The van der Waals surface area contributed by atoms with Crippen LogP contribution in [0.2, 0.25) is 0 Å². The van der Waals surface area contributed by atoms with Gasteiger partial charge in [0.15, 0.2) is 0 Å². The summed E-state index contributed by atoms with van der Waals surface area (Å²) < 4.78 is 0. The Morgan fingerprint density at radius 3 is 2.66 bits per heavy atom. The second-order valence-corrected chi connectivity index (χ2v) is 8.52. The van der Waals surface area contributed by atoms with Gasteiger partial charge in [-0.2, -0.15) is 0 Å². The van der Waals surface area contributed by atoms with Crippen LogP contribution in [-0.4, -0.2) is 37.2 Å². The van der Waals surface area contributed by atoms with Crippen molar-refractivity contribution in [1.29, 1.82) is 0 Å². The maximum Gasteiger partial charge on any atom is 0.0678 e. The van der Waals surface area contributed by atoms with Gasteiger partial charge in [0.05, 0.1) is 6.67 Å². The van der Waals surface area contributed by atoms with Gasteiger partial charge in [0.25, 0.3) is 0 Å².